The van der Waals surface area contributed by atoms with E-state index in [4.69, 9.17) is 0 Å². The highest BCUT2D eigenvalue weighted by Crippen LogP contribution is 1.98. The molecule has 0 aliphatic rings. The van der Waals surface area contributed by atoms with Crippen LogP contribution < -0.4 is 5.69 Å². The molecule has 0 radical (unpaired) electrons. The minimum absolute atomic E-state index is 0.0914. The fourth-order valence-electron chi connectivity index (χ4n) is 1.03. The summed E-state index contributed by atoms with van der Waals surface area (Å²) in [7, 11) is 3.36. The van der Waals surface area contributed by atoms with Gasteiger partial charge in [-0.25, -0.2) is 9.48 Å². The van der Waals surface area contributed by atoms with Crippen molar-refractivity contribution in [2.24, 2.45) is 14.1 Å². The molecule has 0 saturated carbocycles. The van der Waals surface area contributed by atoms with E-state index < -0.39 is 0 Å². The van der Waals surface area contributed by atoms with Crippen molar-refractivity contribution in [1.82, 2.24) is 14.3 Å². The summed E-state index contributed by atoms with van der Waals surface area (Å²) in [6.45, 7) is 5.68. The van der Waals surface area contributed by atoms with Gasteiger partial charge in [0.1, 0.15) is 5.82 Å². The third-order valence-corrected chi connectivity index (χ3v) is 1.68. The molecular formula is C8H13N3O. The molecule has 1 aromatic rings. The van der Waals surface area contributed by atoms with Crippen LogP contribution in [0.2, 0.25) is 0 Å². The molecule has 0 amide bonds. The van der Waals surface area contributed by atoms with Crippen molar-refractivity contribution >= 4 is 0 Å². The average Bonchev–Trinajstić information content (AvgIpc) is 2.17. The molecule has 0 bridgehead atoms. The lowest BCUT2D eigenvalue weighted by Crippen LogP contribution is -2.20. The SMILES string of the molecule is C=C(C)Cc1nn(C)c(=O)n1C. The Morgan fingerprint density at radius 3 is 2.50 bits per heavy atom. The molecule has 4 nitrogen and oxygen atoms in total. The summed E-state index contributed by atoms with van der Waals surface area (Å²) >= 11 is 0. The summed E-state index contributed by atoms with van der Waals surface area (Å²) in [5, 5.41) is 4.06. The maximum atomic E-state index is 11.2. The second-order valence-electron chi connectivity index (χ2n) is 3.02. The molecule has 0 saturated heterocycles. The van der Waals surface area contributed by atoms with Gasteiger partial charge in [-0.1, -0.05) is 12.2 Å². The molecule has 0 spiro atoms. The Hall–Kier alpha value is -1.32. The smallest absolute Gasteiger partial charge is 0.282 e. The minimum atomic E-state index is -0.0914. The number of hydrogen-bond donors (Lipinski definition) is 0. The van der Waals surface area contributed by atoms with E-state index in [0.29, 0.717) is 6.42 Å². The molecule has 0 aliphatic heterocycles. The molecule has 1 heterocycles. The van der Waals surface area contributed by atoms with E-state index in [1.54, 1.807) is 14.1 Å². The van der Waals surface area contributed by atoms with Crippen molar-refractivity contribution in [1.29, 1.82) is 0 Å². The van der Waals surface area contributed by atoms with Gasteiger partial charge < -0.3 is 0 Å². The van der Waals surface area contributed by atoms with Crippen LogP contribution in [0, 0.1) is 0 Å². The van der Waals surface area contributed by atoms with Gasteiger partial charge in [0.15, 0.2) is 0 Å². The summed E-state index contributed by atoms with van der Waals surface area (Å²) < 4.78 is 2.87. The van der Waals surface area contributed by atoms with Crippen LogP contribution >= 0.6 is 0 Å². The van der Waals surface area contributed by atoms with Crippen LogP contribution in [0.4, 0.5) is 0 Å². The Morgan fingerprint density at radius 2 is 2.17 bits per heavy atom. The number of aromatic nitrogens is 3. The normalized spacial score (nSPS) is 10.2. The summed E-state index contributed by atoms with van der Waals surface area (Å²) in [6.07, 6.45) is 0.659. The average molecular weight is 167 g/mol. The number of hydrogen-bond acceptors (Lipinski definition) is 2. The Labute approximate surface area is 71.1 Å². The first-order chi connectivity index (χ1) is 5.52. The second kappa shape index (κ2) is 2.97. The number of nitrogens with zero attached hydrogens (tertiary/aromatic N) is 3. The minimum Gasteiger partial charge on any atom is -0.282 e. The molecule has 1 rings (SSSR count). The number of aryl methyl sites for hydroxylation is 1. The molecule has 66 valence electrons. The second-order valence-corrected chi connectivity index (χ2v) is 3.02. The zero-order chi connectivity index (χ0) is 9.30. The number of allylic oxidation sites excluding steroid dienone is 1. The van der Waals surface area contributed by atoms with Crippen LogP contribution in [0.1, 0.15) is 12.7 Å². The van der Waals surface area contributed by atoms with E-state index in [0.717, 1.165) is 11.4 Å². The van der Waals surface area contributed by atoms with E-state index >= 15 is 0 Å². The zero-order valence-corrected chi connectivity index (χ0v) is 7.66. The van der Waals surface area contributed by atoms with Gasteiger partial charge in [0.2, 0.25) is 0 Å². The Bertz CT molecular complexity index is 359. The molecule has 0 fully saturated rings. The monoisotopic (exact) mass is 167 g/mol. The van der Waals surface area contributed by atoms with Crippen LogP contribution in [-0.4, -0.2) is 14.3 Å². The largest absolute Gasteiger partial charge is 0.345 e. The van der Waals surface area contributed by atoms with Crippen molar-refractivity contribution < 1.29 is 0 Å². The van der Waals surface area contributed by atoms with E-state index in [-0.39, 0.29) is 5.69 Å². The van der Waals surface area contributed by atoms with Crippen LogP contribution in [0.5, 0.6) is 0 Å². The summed E-state index contributed by atoms with van der Waals surface area (Å²) in [4.78, 5) is 11.2. The first kappa shape index (κ1) is 8.77. The van der Waals surface area contributed by atoms with Gasteiger partial charge in [-0.15, -0.1) is 0 Å². The molecule has 0 aliphatic carbocycles. The molecule has 12 heavy (non-hydrogen) atoms. The lowest BCUT2D eigenvalue weighted by Gasteiger charge is -1.96. The van der Waals surface area contributed by atoms with Crippen molar-refractivity contribution in [2.75, 3.05) is 0 Å². The van der Waals surface area contributed by atoms with Crippen molar-refractivity contribution in [3.63, 3.8) is 0 Å². The van der Waals surface area contributed by atoms with Gasteiger partial charge in [-0.05, 0) is 6.92 Å². The summed E-state index contributed by atoms with van der Waals surface area (Å²) in [5.41, 5.74) is 0.912. The van der Waals surface area contributed by atoms with Gasteiger partial charge in [-0.2, -0.15) is 5.10 Å². The van der Waals surface area contributed by atoms with Gasteiger partial charge in [0.05, 0.1) is 0 Å². The van der Waals surface area contributed by atoms with Gasteiger partial charge >= 0.3 is 5.69 Å². The first-order valence-electron chi connectivity index (χ1n) is 3.75. The zero-order valence-electron chi connectivity index (χ0n) is 7.66. The fourth-order valence-corrected chi connectivity index (χ4v) is 1.03. The lowest BCUT2D eigenvalue weighted by molar-refractivity contribution is 0.713. The fraction of sp³-hybridized carbons (Fsp3) is 0.500. The first-order valence-corrected chi connectivity index (χ1v) is 3.75. The molecule has 0 unspecified atom stereocenters. The van der Waals surface area contributed by atoms with E-state index in [1.807, 2.05) is 6.92 Å². The predicted octanol–water partition coefficient (Wildman–Crippen LogP) is 0.237. The Morgan fingerprint density at radius 1 is 1.58 bits per heavy atom. The highest BCUT2D eigenvalue weighted by atomic mass is 16.2. The van der Waals surface area contributed by atoms with E-state index in [9.17, 15) is 4.79 Å². The van der Waals surface area contributed by atoms with Crippen molar-refractivity contribution in [3.05, 3.63) is 28.5 Å². The lowest BCUT2D eigenvalue weighted by atomic mass is 10.2. The van der Waals surface area contributed by atoms with E-state index in [2.05, 4.69) is 11.7 Å². The van der Waals surface area contributed by atoms with Gasteiger partial charge in [-0.3, -0.25) is 4.57 Å². The van der Waals surface area contributed by atoms with Gasteiger partial charge in [0.25, 0.3) is 0 Å². The quantitative estimate of drug-likeness (QED) is 0.592. The molecule has 0 atom stereocenters. The molecule has 0 aromatic carbocycles. The molecule has 1 aromatic heterocycles. The van der Waals surface area contributed by atoms with Crippen LogP contribution in [0.15, 0.2) is 16.9 Å². The van der Waals surface area contributed by atoms with Gasteiger partial charge in [0, 0.05) is 20.5 Å². The summed E-state index contributed by atoms with van der Waals surface area (Å²) in [6, 6.07) is 0. The van der Waals surface area contributed by atoms with E-state index in [1.165, 1.54) is 9.25 Å². The highest BCUT2D eigenvalue weighted by Gasteiger charge is 2.06. The number of rotatable bonds is 2. The van der Waals surface area contributed by atoms with Crippen LogP contribution in [-0.2, 0) is 20.5 Å². The topological polar surface area (TPSA) is 39.8 Å². The molecule has 4 heteroatoms. The van der Waals surface area contributed by atoms with Crippen molar-refractivity contribution in [2.45, 2.75) is 13.3 Å². The standard InChI is InChI=1S/C8H13N3O/c1-6(2)5-7-9-11(4)8(12)10(7)3/h1,5H2,2-4H3. The maximum absolute atomic E-state index is 11.2. The Balaban J connectivity index is 3.10. The van der Waals surface area contributed by atoms with Crippen LogP contribution in [0.25, 0.3) is 0 Å². The third-order valence-electron chi connectivity index (χ3n) is 1.68. The summed E-state index contributed by atoms with van der Waals surface area (Å²) in [5.74, 6) is 0.759. The maximum Gasteiger partial charge on any atom is 0.345 e. The highest BCUT2D eigenvalue weighted by molar-refractivity contribution is 5.01. The predicted molar refractivity (Wildman–Crippen MR) is 47.0 cm³/mol. The Kier molecular flexibility index (Phi) is 2.17. The molecular weight excluding hydrogens is 154 g/mol. The van der Waals surface area contributed by atoms with Crippen molar-refractivity contribution in [3.8, 4) is 0 Å². The van der Waals surface area contributed by atoms with Crippen LogP contribution in [0.3, 0.4) is 0 Å². The third kappa shape index (κ3) is 1.47. The molecule has 0 N–H and O–H groups in total.